The number of rotatable bonds is 7. The molecule has 1 atom stereocenters. The van der Waals surface area contributed by atoms with E-state index in [0.717, 1.165) is 18.4 Å². The zero-order chi connectivity index (χ0) is 16.2. The number of ether oxygens (including phenoxy) is 1. The molecule has 22 heavy (non-hydrogen) atoms. The Kier molecular flexibility index (Phi) is 5.06. The van der Waals surface area contributed by atoms with Gasteiger partial charge >= 0.3 is 12.1 Å². The van der Waals surface area contributed by atoms with Crippen molar-refractivity contribution in [1.82, 2.24) is 5.32 Å². The van der Waals surface area contributed by atoms with Crippen molar-refractivity contribution >= 4 is 12.1 Å². The fraction of sp³-hybridized carbons (Fsp3) is 0.529. The summed E-state index contributed by atoms with van der Waals surface area (Å²) in [5.74, 6) is -0.848. The fourth-order valence-electron chi connectivity index (χ4n) is 2.48. The molecule has 2 N–H and O–H groups in total. The molecule has 0 radical (unpaired) electrons. The zero-order valence-corrected chi connectivity index (χ0v) is 13.0. The van der Waals surface area contributed by atoms with E-state index in [0.29, 0.717) is 12.8 Å². The number of carboxylic acids is 1. The van der Waals surface area contributed by atoms with Crippen LogP contribution in [0, 0.1) is 5.92 Å². The highest BCUT2D eigenvalue weighted by Gasteiger charge is 2.47. The monoisotopic (exact) mass is 305 g/mol. The molecule has 1 aromatic rings. The number of carbonyl (C=O) groups excluding carboxylic acids is 1. The fourth-order valence-corrected chi connectivity index (χ4v) is 2.48. The second-order valence-electron chi connectivity index (χ2n) is 6.40. The summed E-state index contributed by atoms with van der Waals surface area (Å²) in [4.78, 5) is 23.2. The van der Waals surface area contributed by atoms with E-state index in [4.69, 9.17) is 9.84 Å². The van der Waals surface area contributed by atoms with Crippen LogP contribution in [-0.2, 0) is 16.0 Å². The zero-order valence-electron chi connectivity index (χ0n) is 13.0. The molecule has 0 unspecified atom stereocenters. The van der Waals surface area contributed by atoms with Crippen LogP contribution in [0.5, 0.6) is 0 Å². The predicted octanol–water partition coefficient (Wildman–Crippen LogP) is 2.99. The number of benzene rings is 1. The van der Waals surface area contributed by atoms with Crippen molar-refractivity contribution in [3.05, 3.63) is 35.9 Å². The van der Waals surface area contributed by atoms with Crippen molar-refractivity contribution in [2.75, 3.05) is 0 Å². The summed E-state index contributed by atoms with van der Waals surface area (Å²) in [5.41, 5.74) is 0.650. The van der Waals surface area contributed by atoms with Crippen LogP contribution in [0.3, 0.4) is 0 Å². The smallest absolute Gasteiger partial charge is 0.408 e. The van der Waals surface area contributed by atoms with E-state index < -0.39 is 23.7 Å². The SMILES string of the molecule is CC(C)C[C@H](NC(=O)OC1(Cc2ccccc2)CC1)C(=O)O. The lowest BCUT2D eigenvalue weighted by atomic mass is 10.0. The largest absolute Gasteiger partial charge is 0.480 e. The molecule has 1 amide bonds. The third-order valence-electron chi connectivity index (χ3n) is 3.78. The highest BCUT2D eigenvalue weighted by atomic mass is 16.6. The van der Waals surface area contributed by atoms with Gasteiger partial charge in [0.2, 0.25) is 0 Å². The average Bonchev–Trinajstić information content (AvgIpc) is 3.17. The Labute approximate surface area is 130 Å². The van der Waals surface area contributed by atoms with Crippen LogP contribution in [0.1, 0.15) is 38.7 Å². The van der Waals surface area contributed by atoms with Crippen molar-refractivity contribution in [1.29, 1.82) is 0 Å². The summed E-state index contributed by atoms with van der Waals surface area (Å²) in [6, 6.07) is 8.95. The minimum atomic E-state index is -1.03. The minimum Gasteiger partial charge on any atom is -0.480 e. The highest BCUT2D eigenvalue weighted by Crippen LogP contribution is 2.42. The Morgan fingerprint density at radius 3 is 2.41 bits per heavy atom. The van der Waals surface area contributed by atoms with Crippen molar-refractivity contribution < 1.29 is 19.4 Å². The lowest BCUT2D eigenvalue weighted by Gasteiger charge is -2.20. The molecule has 2 rings (SSSR count). The van der Waals surface area contributed by atoms with E-state index in [1.165, 1.54) is 0 Å². The van der Waals surface area contributed by atoms with Crippen LogP contribution in [0.2, 0.25) is 0 Å². The molecular formula is C17H23NO4. The Morgan fingerprint density at radius 2 is 1.91 bits per heavy atom. The van der Waals surface area contributed by atoms with E-state index in [9.17, 15) is 9.59 Å². The summed E-state index contributed by atoms with van der Waals surface area (Å²) in [7, 11) is 0. The Balaban J connectivity index is 1.89. The number of carbonyl (C=O) groups is 2. The van der Waals surface area contributed by atoms with Gasteiger partial charge in [0.1, 0.15) is 11.6 Å². The molecule has 1 aliphatic carbocycles. The van der Waals surface area contributed by atoms with Gasteiger partial charge in [-0.25, -0.2) is 9.59 Å². The molecule has 0 spiro atoms. The number of alkyl carbamates (subject to hydrolysis) is 1. The molecule has 5 nitrogen and oxygen atoms in total. The second kappa shape index (κ2) is 6.81. The van der Waals surface area contributed by atoms with Crippen LogP contribution >= 0.6 is 0 Å². The van der Waals surface area contributed by atoms with E-state index in [-0.39, 0.29) is 5.92 Å². The van der Waals surface area contributed by atoms with Crippen LogP contribution in [0.15, 0.2) is 30.3 Å². The summed E-state index contributed by atoms with van der Waals surface area (Å²) >= 11 is 0. The van der Waals surface area contributed by atoms with Gasteiger partial charge in [0.15, 0.2) is 0 Å². The second-order valence-corrected chi connectivity index (χ2v) is 6.40. The minimum absolute atomic E-state index is 0.181. The molecule has 0 bridgehead atoms. The third-order valence-corrected chi connectivity index (χ3v) is 3.78. The Bertz CT molecular complexity index is 523. The maximum Gasteiger partial charge on any atom is 0.408 e. The number of aliphatic carboxylic acids is 1. The Hall–Kier alpha value is -2.04. The number of carboxylic acid groups (broad SMARTS) is 1. The van der Waals surface area contributed by atoms with Crippen molar-refractivity contribution in [2.24, 2.45) is 5.92 Å². The normalized spacial score (nSPS) is 16.9. The van der Waals surface area contributed by atoms with Crippen molar-refractivity contribution in [3.8, 4) is 0 Å². The molecule has 0 aromatic heterocycles. The molecular weight excluding hydrogens is 282 g/mol. The van der Waals surface area contributed by atoms with Gasteiger partial charge < -0.3 is 15.2 Å². The van der Waals surface area contributed by atoms with E-state index in [2.05, 4.69) is 5.32 Å². The van der Waals surface area contributed by atoms with Crippen LogP contribution in [0.4, 0.5) is 4.79 Å². The van der Waals surface area contributed by atoms with E-state index in [1.807, 2.05) is 44.2 Å². The van der Waals surface area contributed by atoms with E-state index in [1.54, 1.807) is 0 Å². The molecule has 0 heterocycles. The lowest BCUT2D eigenvalue weighted by molar-refractivity contribution is -0.139. The highest BCUT2D eigenvalue weighted by molar-refractivity contribution is 5.80. The molecule has 5 heteroatoms. The molecule has 1 saturated carbocycles. The van der Waals surface area contributed by atoms with Gasteiger partial charge in [-0.15, -0.1) is 0 Å². The third kappa shape index (κ3) is 4.76. The first-order valence-corrected chi connectivity index (χ1v) is 7.66. The maximum atomic E-state index is 12.0. The summed E-state index contributed by atoms with van der Waals surface area (Å²) in [6.45, 7) is 3.83. The quantitative estimate of drug-likeness (QED) is 0.812. The van der Waals surface area contributed by atoms with Crippen LogP contribution in [-0.4, -0.2) is 28.8 Å². The molecule has 0 aliphatic heterocycles. The summed E-state index contributed by atoms with van der Waals surface area (Å²) in [5, 5.41) is 11.6. The number of nitrogens with one attached hydrogen (secondary N) is 1. The van der Waals surface area contributed by atoms with Crippen molar-refractivity contribution in [3.63, 3.8) is 0 Å². The Morgan fingerprint density at radius 1 is 1.27 bits per heavy atom. The number of hydrogen-bond donors (Lipinski definition) is 2. The van der Waals surface area contributed by atoms with E-state index >= 15 is 0 Å². The average molecular weight is 305 g/mol. The molecule has 0 saturated heterocycles. The van der Waals surface area contributed by atoms with Gasteiger partial charge in [-0.05, 0) is 30.7 Å². The molecule has 1 aliphatic rings. The van der Waals surface area contributed by atoms with Gasteiger partial charge in [-0.2, -0.15) is 0 Å². The van der Waals surface area contributed by atoms with Crippen molar-refractivity contribution in [2.45, 2.75) is 51.2 Å². The summed E-state index contributed by atoms with van der Waals surface area (Å²) in [6.07, 6.45) is 2.05. The molecule has 1 fully saturated rings. The molecule has 1 aromatic carbocycles. The first-order valence-electron chi connectivity index (χ1n) is 7.66. The summed E-state index contributed by atoms with van der Waals surface area (Å²) < 4.78 is 5.50. The number of amides is 1. The van der Waals surface area contributed by atoms with Gasteiger partial charge in [0, 0.05) is 6.42 Å². The lowest BCUT2D eigenvalue weighted by Crippen LogP contribution is -2.43. The van der Waals surface area contributed by atoms with Gasteiger partial charge in [-0.3, -0.25) is 0 Å². The molecule has 120 valence electrons. The first-order chi connectivity index (χ1) is 10.4. The number of hydrogen-bond acceptors (Lipinski definition) is 3. The standard InChI is InChI=1S/C17H23NO4/c1-12(2)10-14(15(19)20)18-16(21)22-17(8-9-17)11-13-6-4-3-5-7-13/h3-7,12,14H,8-11H2,1-2H3,(H,18,21)(H,19,20)/t14-/m0/s1. The van der Waals surface area contributed by atoms with Gasteiger partial charge in [0.05, 0.1) is 0 Å². The van der Waals surface area contributed by atoms with Crippen LogP contribution in [0.25, 0.3) is 0 Å². The van der Waals surface area contributed by atoms with Gasteiger partial charge in [-0.1, -0.05) is 44.2 Å². The van der Waals surface area contributed by atoms with Gasteiger partial charge in [0.25, 0.3) is 0 Å². The topological polar surface area (TPSA) is 75.6 Å². The van der Waals surface area contributed by atoms with Crippen LogP contribution < -0.4 is 5.32 Å². The maximum absolute atomic E-state index is 12.0. The first kappa shape index (κ1) is 16.3. The predicted molar refractivity (Wildman–Crippen MR) is 82.6 cm³/mol.